The van der Waals surface area contributed by atoms with Crippen molar-refractivity contribution in [1.82, 2.24) is 9.97 Å². The second-order valence-corrected chi connectivity index (χ2v) is 6.83. The van der Waals surface area contributed by atoms with Gasteiger partial charge >= 0.3 is 0 Å². The average molecular weight is 378 g/mol. The largest absolute Gasteiger partial charge is 0.354 e. The van der Waals surface area contributed by atoms with Gasteiger partial charge in [-0.15, -0.1) is 0 Å². The van der Waals surface area contributed by atoms with Crippen molar-refractivity contribution in [2.45, 2.75) is 27.2 Å². The number of aryl methyl sites for hydroxylation is 3. The molecule has 5 nitrogen and oxygen atoms in total. The van der Waals surface area contributed by atoms with E-state index in [0.717, 1.165) is 34.4 Å². The highest BCUT2D eigenvalue weighted by Crippen LogP contribution is 2.22. The van der Waals surface area contributed by atoms with Gasteiger partial charge in [0.25, 0.3) is 5.91 Å². The first kappa shape index (κ1) is 19.5. The quantitative estimate of drug-likeness (QED) is 0.665. The van der Waals surface area contributed by atoms with Crippen LogP contribution in [-0.4, -0.2) is 22.4 Å². The van der Waals surface area contributed by atoms with Crippen LogP contribution in [0.2, 0.25) is 0 Å². The summed E-state index contributed by atoms with van der Waals surface area (Å²) in [6.07, 6.45) is 3.72. The number of nitrogens with one attached hydrogen (secondary N) is 2. The molecule has 1 heterocycles. The zero-order valence-electron chi connectivity index (χ0n) is 16.2. The number of hydrogen-bond donors (Lipinski definition) is 2. The van der Waals surface area contributed by atoms with E-state index in [9.17, 15) is 9.18 Å². The van der Waals surface area contributed by atoms with E-state index in [0.29, 0.717) is 18.1 Å². The minimum absolute atomic E-state index is 0.243. The molecule has 0 aliphatic carbocycles. The Morgan fingerprint density at radius 1 is 1.00 bits per heavy atom. The minimum Gasteiger partial charge on any atom is -0.354 e. The molecule has 0 bridgehead atoms. The zero-order chi connectivity index (χ0) is 20.1. The summed E-state index contributed by atoms with van der Waals surface area (Å²) in [5, 5.41) is 6.04. The molecule has 0 aliphatic rings. The van der Waals surface area contributed by atoms with Crippen LogP contribution in [0.3, 0.4) is 0 Å². The standard InChI is InChI=1S/C22H23FN4O/c1-14-10-15(2)20(16(3)11-14)27-21(28)18-12-25-22(26-13-18)24-9-8-17-4-6-19(23)7-5-17/h4-7,10-13H,8-9H2,1-3H3,(H,27,28)(H,24,25,26). The molecule has 3 rings (SSSR count). The van der Waals surface area contributed by atoms with Crippen molar-refractivity contribution in [1.29, 1.82) is 0 Å². The fraction of sp³-hybridized carbons (Fsp3) is 0.227. The summed E-state index contributed by atoms with van der Waals surface area (Å²) in [6.45, 7) is 6.58. The number of aromatic nitrogens is 2. The molecule has 1 amide bonds. The molecule has 0 unspecified atom stereocenters. The molecule has 3 aromatic rings. The average Bonchev–Trinajstić information content (AvgIpc) is 2.66. The Labute approximate surface area is 164 Å². The number of halogens is 1. The Morgan fingerprint density at radius 2 is 1.61 bits per heavy atom. The maximum atomic E-state index is 12.9. The maximum Gasteiger partial charge on any atom is 0.258 e. The zero-order valence-corrected chi connectivity index (χ0v) is 16.2. The number of hydrogen-bond acceptors (Lipinski definition) is 4. The fourth-order valence-electron chi connectivity index (χ4n) is 3.07. The summed E-state index contributed by atoms with van der Waals surface area (Å²) < 4.78 is 12.9. The van der Waals surface area contributed by atoms with Gasteiger partial charge in [-0.1, -0.05) is 29.8 Å². The second kappa shape index (κ2) is 8.61. The van der Waals surface area contributed by atoms with E-state index >= 15 is 0 Å². The summed E-state index contributed by atoms with van der Waals surface area (Å²) in [5.41, 5.74) is 5.43. The minimum atomic E-state index is -0.245. The van der Waals surface area contributed by atoms with Crippen molar-refractivity contribution in [3.63, 3.8) is 0 Å². The van der Waals surface area contributed by atoms with Gasteiger partial charge in [-0.2, -0.15) is 0 Å². The van der Waals surface area contributed by atoms with Gasteiger partial charge in [0.2, 0.25) is 5.95 Å². The van der Waals surface area contributed by atoms with E-state index in [1.54, 1.807) is 12.1 Å². The fourth-order valence-corrected chi connectivity index (χ4v) is 3.07. The normalized spacial score (nSPS) is 10.6. The van der Waals surface area contributed by atoms with Crippen LogP contribution in [0.4, 0.5) is 16.0 Å². The molecular weight excluding hydrogens is 355 g/mol. The van der Waals surface area contributed by atoms with Crippen molar-refractivity contribution < 1.29 is 9.18 Å². The van der Waals surface area contributed by atoms with Crippen molar-refractivity contribution >= 4 is 17.5 Å². The first-order valence-corrected chi connectivity index (χ1v) is 9.12. The van der Waals surface area contributed by atoms with Crippen LogP contribution in [0.25, 0.3) is 0 Å². The molecule has 2 aromatic carbocycles. The second-order valence-electron chi connectivity index (χ2n) is 6.83. The summed E-state index contributed by atoms with van der Waals surface area (Å²) in [7, 11) is 0. The Hall–Kier alpha value is -3.28. The Bertz CT molecular complexity index is 946. The molecule has 1 aromatic heterocycles. The lowest BCUT2D eigenvalue weighted by molar-refractivity contribution is 0.102. The Balaban J connectivity index is 1.57. The van der Waals surface area contributed by atoms with Crippen LogP contribution < -0.4 is 10.6 Å². The molecule has 0 spiro atoms. The number of amides is 1. The Kier molecular flexibility index (Phi) is 5.99. The van der Waals surface area contributed by atoms with Gasteiger partial charge in [0.05, 0.1) is 5.56 Å². The molecule has 2 N–H and O–H groups in total. The number of carbonyl (C=O) groups is 1. The highest BCUT2D eigenvalue weighted by Gasteiger charge is 2.11. The highest BCUT2D eigenvalue weighted by atomic mass is 19.1. The number of rotatable bonds is 6. The van der Waals surface area contributed by atoms with Gasteiger partial charge in [0.1, 0.15) is 5.82 Å². The number of carbonyl (C=O) groups excluding carboxylic acids is 1. The topological polar surface area (TPSA) is 66.9 Å². The molecule has 6 heteroatoms. The molecule has 0 atom stereocenters. The van der Waals surface area contributed by atoms with Crippen LogP contribution in [0.5, 0.6) is 0 Å². The lowest BCUT2D eigenvalue weighted by atomic mass is 10.0. The predicted molar refractivity (Wildman–Crippen MR) is 109 cm³/mol. The SMILES string of the molecule is Cc1cc(C)c(NC(=O)c2cnc(NCCc3ccc(F)cc3)nc2)c(C)c1. The summed E-state index contributed by atoms with van der Waals surface area (Å²) in [4.78, 5) is 20.9. The Morgan fingerprint density at radius 3 is 2.21 bits per heavy atom. The third kappa shape index (κ3) is 4.91. The third-order valence-corrected chi connectivity index (χ3v) is 4.44. The number of anilines is 2. The summed E-state index contributed by atoms with van der Waals surface area (Å²) in [5.74, 6) is -0.0424. The molecule has 28 heavy (non-hydrogen) atoms. The number of benzene rings is 2. The predicted octanol–water partition coefficient (Wildman–Crippen LogP) is 4.45. The van der Waals surface area contributed by atoms with Crippen molar-refractivity contribution in [2.24, 2.45) is 0 Å². The monoisotopic (exact) mass is 378 g/mol. The molecule has 0 saturated carbocycles. The first-order valence-electron chi connectivity index (χ1n) is 9.12. The van der Waals surface area contributed by atoms with Crippen LogP contribution in [0.1, 0.15) is 32.6 Å². The van der Waals surface area contributed by atoms with Gasteiger partial charge in [0.15, 0.2) is 0 Å². The van der Waals surface area contributed by atoms with Crippen LogP contribution in [-0.2, 0) is 6.42 Å². The van der Waals surface area contributed by atoms with Gasteiger partial charge < -0.3 is 10.6 Å². The van der Waals surface area contributed by atoms with Crippen molar-refractivity contribution in [3.05, 3.63) is 82.4 Å². The lowest BCUT2D eigenvalue weighted by Gasteiger charge is -2.13. The molecule has 0 radical (unpaired) electrons. The van der Waals surface area contributed by atoms with Gasteiger partial charge in [-0.3, -0.25) is 4.79 Å². The molecule has 0 fully saturated rings. The van der Waals surface area contributed by atoms with Crippen LogP contribution >= 0.6 is 0 Å². The van der Waals surface area contributed by atoms with Gasteiger partial charge in [-0.05, 0) is 56.0 Å². The van der Waals surface area contributed by atoms with Crippen LogP contribution in [0.15, 0.2) is 48.8 Å². The highest BCUT2D eigenvalue weighted by molar-refractivity contribution is 6.04. The molecule has 0 saturated heterocycles. The van der Waals surface area contributed by atoms with E-state index in [1.807, 2.05) is 32.9 Å². The summed E-state index contributed by atoms with van der Waals surface area (Å²) >= 11 is 0. The molecule has 0 aliphatic heterocycles. The van der Waals surface area contributed by atoms with E-state index in [2.05, 4.69) is 20.6 Å². The van der Waals surface area contributed by atoms with E-state index in [-0.39, 0.29) is 11.7 Å². The summed E-state index contributed by atoms with van der Waals surface area (Å²) in [6, 6.07) is 10.5. The van der Waals surface area contributed by atoms with Gasteiger partial charge in [-0.25, -0.2) is 14.4 Å². The van der Waals surface area contributed by atoms with E-state index in [4.69, 9.17) is 0 Å². The van der Waals surface area contributed by atoms with Crippen molar-refractivity contribution in [3.8, 4) is 0 Å². The third-order valence-electron chi connectivity index (χ3n) is 4.44. The maximum absolute atomic E-state index is 12.9. The van der Waals surface area contributed by atoms with Crippen molar-refractivity contribution in [2.75, 3.05) is 17.2 Å². The lowest BCUT2D eigenvalue weighted by Crippen LogP contribution is -2.15. The van der Waals surface area contributed by atoms with E-state index in [1.165, 1.54) is 24.5 Å². The molecular formula is C22H23FN4O. The smallest absolute Gasteiger partial charge is 0.258 e. The first-order chi connectivity index (χ1) is 13.4. The number of nitrogens with zero attached hydrogens (tertiary/aromatic N) is 2. The van der Waals surface area contributed by atoms with E-state index < -0.39 is 0 Å². The molecule has 144 valence electrons. The van der Waals surface area contributed by atoms with Gasteiger partial charge in [0, 0.05) is 24.6 Å². The van der Waals surface area contributed by atoms with Crippen LogP contribution in [0, 0.1) is 26.6 Å².